The number of benzene rings is 2. The van der Waals surface area contributed by atoms with E-state index in [9.17, 15) is 14.4 Å². The van der Waals surface area contributed by atoms with Crippen molar-refractivity contribution in [3.63, 3.8) is 0 Å². The van der Waals surface area contributed by atoms with Crippen LogP contribution in [0, 0.1) is 5.92 Å². The lowest BCUT2D eigenvalue weighted by atomic mass is 9.97. The van der Waals surface area contributed by atoms with E-state index in [0.29, 0.717) is 22.6 Å². The van der Waals surface area contributed by atoms with Gasteiger partial charge in [-0.25, -0.2) is 0 Å². The molecule has 1 aliphatic carbocycles. The molecule has 3 aromatic rings. The first-order valence-corrected chi connectivity index (χ1v) is 8.90. The predicted octanol–water partition coefficient (Wildman–Crippen LogP) is 3.50. The van der Waals surface area contributed by atoms with Gasteiger partial charge in [0.2, 0.25) is 0 Å². The molecule has 7 heteroatoms. The number of rotatable bonds is 6. The van der Waals surface area contributed by atoms with Gasteiger partial charge in [-0.3, -0.25) is 14.4 Å². The summed E-state index contributed by atoms with van der Waals surface area (Å²) >= 11 is 0. The third-order valence-corrected chi connectivity index (χ3v) is 4.56. The number of hydrogen-bond donors (Lipinski definition) is 0. The van der Waals surface area contributed by atoms with Crippen molar-refractivity contribution in [3.05, 3.63) is 48.5 Å². The van der Waals surface area contributed by atoms with Crippen LogP contribution in [0.25, 0.3) is 11.1 Å². The Bertz CT molecular complexity index is 1000. The number of ether oxygens (including phenoxy) is 2. The van der Waals surface area contributed by atoms with Crippen LogP contribution in [0.2, 0.25) is 0 Å². The van der Waals surface area contributed by atoms with Gasteiger partial charge in [-0.15, -0.1) is 0 Å². The molecule has 142 valence electrons. The average molecular weight is 379 g/mol. The summed E-state index contributed by atoms with van der Waals surface area (Å²) in [5.74, 6) is -1.43. The van der Waals surface area contributed by atoms with Crippen LogP contribution in [0.4, 0.5) is 0 Å². The Morgan fingerprint density at radius 1 is 1.04 bits per heavy atom. The second-order valence-electron chi connectivity index (χ2n) is 6.55. The summed E-state index contributed by atoms with van der Waals surface area (Å²) in [7, 11) is 0. The fraction of sp³-hybridized carbons (Fsp3) is 0.238. The summed E-state index contributed by atoms with van der Waals surface area (Å²) in [5.41, 5.74) is 1.32. The number of ketones is 3. The molecule has 1 unspecified atom stereocenters. The quantitative estimate of drug-likeness (QED) is 0.605. The zero-order chi connectivity index (χ0) is 19.7. The smallest absolute Gasteiger partial charge is 0.400 e. The zero-order valence-electron chi connectivity index (χ0n) is 15.1. The molecule has 0 saturated heterocycles. The Labute approximate surface area is 160 Å². The lowest BCUT2D eigenvalue weighted by molar-refractivity contribution is -0.139. The monoisotopic (exact) mass is 379 g/mol. The maximum absolute atomic E-state index is 12.4. The van der Waals surface area contributed by atoms with Gasteiger partial charge in [-0.1, -0.05) is 12.1 Å². The van der Waals surface area contributed by atoms with Crippen molar-refractivity contribution in [1.29, 1.82) is 0 Å². The lowest BCUT2D eigenvalue weighted by Gasteiger charge is -2.16. The molecule has 1 aromatic heterocycles. The number of hydrogen-bond acceptors (Lipinski definition) is 7. The number of carbonyl (C=O) groups is 3. The molecule has 4 rings (SSSR count). The molecule has 0 spiro atoms. The van der Waals surface area contributed by atoms with Crippen molar-refractivity contribution in [2.24, 2.45) is 5.92 Å². The van der Waals surface area contributed by atoms with Gasteiger partial charge in [-0.2, -0.15) is 4.98 Å². The molecule has 0 amide bonds. The highest BCUT2D eigenvalue weighted by Crippen LogP contribution is 2.27. The molecule has 0 aliphatic heterocycles. The van der Waals surface area contributed by atoms with E-state index < -0.39 is 17.8 Å². The molecule has 7 nitrogen and oxygen atoms in total. The molecule has 1 atom stereocenters. The van der Waals surface area contributed by atoms with Crippen molar-refractivity contribution in [2.45, 2.75) is 25.9 Å². The first-order chi connectivity index (χ1) is 13.5. The van der Waals surface area contributed by atoms with Crippen LogP contribution in [0.5, 0.6) is 17.6 Å². The molecule has 1 heterocycles. The average Bonchev–Trinajstić information content (AvgIpc) is 3.24. The normalized spacial score (nSPS) is 15.8. The minimum Gasteiger partial charge on any atom is -0.483 e. The Morgan fingerprint density at radius 3 is 2.36 bits per heavy atom. The summed E-state index contributed by atoms with van der Waals surface area (Å²) in [6.07, 6.45) is -0.523. The Kier molecular flexibility index (Phi) is 4.65. The van der Waals surface area contributed by atoms with Crippen LogP contribution < -0.4 is 9.47 Å². The maximum Gasteiger partial charge on any atom is 0.400 e. The van der Waals surface area contributed by atoms with E-state index in [4.69, 9.17) is 13.9 Å². The highest BCUT2D eigenvalue weighted by Gasteiger charge is 2.41. The van der Waals surface area contributed by atoms with Crippen LogP contribution in [-0.2, 0) is 14.4 Å². The number of para-hydroxylation sites is 2. The van der Waals surface area contributed by atoms with E-state index in [1.54, 1.807) is 30.3 Å². The molecule has 0 bridgehead atoms. The van der Waals surface area contributed by atoms with Crippen LogP contribution in [0.3, 0.4) is 0 Å². The highest BCUT2D eigenvalue weighted by molar-refractivity contribution is 6.24. The van der Waals surface area contributed by atoms with Crippen LogP contribution >= 0.6 is 0 Å². The van der Waals surface area contributed by atoms with Gasteiger partial charge in [0.05, 0.1) is 0 Å². The van der Waals surface area contributed by atoms with E-state index in [1.165, 1.54) is 6.92 Å². The molecular formula is C21H17NO6. The number of aromatic nitrogens is 1. The molecule has 1 fully saturated rings. The number of fused-ring (bicyclic) bond motifs is 1. The fourth-order valence-electron chi connectivity index (χ4n) is 3.11. The second kappa shape index (κ2) is 7.26. The number of carbonyl (C=O) groups excluding carboxylic acids is 3. The summed E-state index contributed by atoms with van der Waals surface area (Å²) in [5, 5.41) is 0. The number of oxazole rings is 1. The van der Waals surface area contributed by atoms with Crippen molar-refractivity contribution in [2.75, 3.05) is 0 Å². The summed E-state index contributed by atoms with van der Waals surface area (Å²) in [6, 6.07) is 13.9. The molecule has 0 N–H and O–H groups in total. The van der Waals surface area contributed by atoms with E-state index in [0.717, 1.165) is 0 Å². The van der Waals surface area contributed by atoms with Crippen LogP contribution in [0.15, 0.2) is 52.9 Å². The van der Waals surface area contributed by atoms with E-state index in [1.807, 2.05) is 18.2 Å². The molecule has 0 radical (unpaired) electrons. The van der Waals surface area contributed by atoms with Gasteiger partial charge in [0.25, 0.3) is 0 Å². The topological polar surface area (TPSA) is 95.7 Å². The van der Waals surface area contributed by atoms with Gasteiger partial charge in [0.1, 0.15) is 22.9 Å². The molecule has 28 heavy (non-hydrogen) atoms. The number of Topliss-reactive ketones (excluding diaryl/α,β-unsaturated/α-hetero) is 3. The minimum absolute atomic E-state index is 0.122. The fourth-order valence-corrected chi connectivity index (χ4v) is 3.11. The zero-order valence-corrected chi connectivity index (χ0v) is 15.1. The van der Waals surface area contributed by atoms with Crippen LogP contribution in [-0.4, -0.2) is 28.4 Å². The van der Waals surface area contributed by atoms with Crippen molar-refractivity contribution < 1.29 is 28.3 Å². The predicted molar refractivity (Wildman–Crippen MR) is 98.4 cm³/mol. The SMILES string of the molecule is CC(Oc1ccc(Oc2nc3ccccc3o2)cc1)C(=O)C1C(=O)CCC1=O. The third kappa shape index (κ3) is 3.51. The molecule has 1 saturated carbocycles. The van der Waals surface area contributed by atoms with Gasteiger partial charge < -0.3 is 13.9 Å². The van der Waals surface area contributed by atoms with Gasteiger partial charge in [0, 0.05) is 12.8 Å². The molecular weight excluding hydrogens is 362 g/mol. The lowest BCUT2D eigenvalue weighted by Crippen LogP contribution is -2.35. The summed E-state index contributed by atoms with van der Waals surface area (Å²) in [6.45, 7) is 1.53. The van der Waals surface area contributed by atoms with Crippen molar-refractivity contribution in [3.8, 4) is 17.6 Å². The first-order valence-electron chi connectivity index (χ1n) is 8.90. The van der Waals surface area contributed by atoms with Gasteiger partial charge in [-0.05, 0) is 43.3 Å². The van der Waals surface area contributed by atoms with Crippen LogP contribution in [0.1, 0.15) is 19.8 Å². The summed E-state index contributed by atoms with van der Waals surface area (Å²) < 4.78 is 16.7. The summed E-state index contributed by atoms with van der Waals surface area (Å²) in [4.78, 5) is 40.1. The Morgan fingerprint density at radius 2 is 1.68 bits per heavy atom. The third-order valence-electron chi connectivity index (χ3n) is 4.56. The van der Waals surface area contributed by atoms with Gasteiger partial charge in [0.15, 0.2) is 29.0 Å². The molecule has 1 aliphatic rings. The standard InChI is InChI=1S/C21H17NO6/c1-12(20(25)19-16(23)10-11-17(19)24)26-13-6-8-14(9-7-13)27-21-22-15-4-2-3-5-18(15)28-21/h2-9,12,19H,10-11H2,1H3. The van der Waals surface area contributed by atoms with Crippen molar-refractivity contribution in [1.82, 2.24) is 4.98 Å². The maximum atomic E-state index is 12.4. The Balaban J connectivity index is 1.40. The largest absolute Gasteiger partial charge is 0.483 e. The Hall–Kier alpha value is -3.48. The van der Waals surface area contributed by atoms with E-state index in [2.05, 4.69) is 4.98 Å². The number of nitrogens with zero attached hydrogens (tertiary/aromatic N) is 1. The van der Waals surface area contributed by atoms with Gasteiger partial charge >= 0.3 is 6.08 Å². The highest BCUT2D eigenvalue weighted by atomic mass is 16.6. The second-order valence-corrected chi connectivity index (χ2v) is 6.55. The first kappa shape index (κ1) is 17.9. The van der Waals surface area contributed by atoms with E-state index >= 15 is 0 Å². The molecule has 2 aromatic carbocycles. The van der Waals surface area contributed by atoms with Crippen molar-refractivity contribution >= 4 is 28.4 Å². The minimum atomic E-state index is -1.18. The van der Waals surface area contributed by atoms with E-state index in [-0.39, 0.29) is 30.5 Å².